The second-order valence-corrected chi connectivity index (χ2v) is 4.14. The Balaban J connectivity index is 3.46. The molecule has 2 N–H and O–H groups in total. The standard InChI is InChI=1S/C7H6Cl2IN/c1-3-5(10)2-4(8)7(11)6(3)9/h2H,11H2,1H3. The molecule has 0 atom stereocenters. The lowest BCUT2D eigenvalue weighted by Crippen LogP contribution is -1.92. The van der Waals surface area contributed by atoms with Gasteiger partial charge in [0, 0.05) is 3.57 Å². The normalized spacial score (nSPS) is 10.2. The Kier molecular flexibility index (Phi) is 2.89. The summed E-state index contributed by atoms with van der Waals surface area (Å²) in [4.78, 5) is 0. The zero-order valence-electron chi connectivity index (χ0n) is 5.79. The van der Waals surface area contributed by atoms with Crippen LogP contribution >= 0.6 is 45.8 Å². The Morgan fingerprint density at radius 2 is 2.00 bits per heavy atom. The van der Waals surface area contributed by atoms with Crippen molar-refractivity contribution in [3.8, 4) is 0 Å². The minimum atomic E-state index is 0.464. The lowest BCUT2D eigenvalue weighted by atomic mass is 10.2. The molecule has 0 heterocycles. The van der Waals surface area contributed by atoms with Crippen LogP contribution in [0.25, 0.3) is 0 Å². The summed E-state index contributed by atoms with van der Waals surface area (Å²) in [5.74, 6) is 0. The molecular weight excluding hydrogens is 296 g/mol. The van der Waals surface area contributed by atoms with Crippen LogP contribution in [0.15, 0.2) is 6.07 Å². The van der Waals surface area contributed by atoms with Crippen LogP contribution in [0.4, 0.5) is 5.69 Å². The molecular formula is C7H6Cl2IN. The summed E-state index contributed by atoms with van der Waals surface area (Å²) in [7, 11) is 0. The van der Waals surface area contributed by atoms with Gasteiger partial charge in [0.05, 0.1) is 15.7 Å². The van der Waals surface area contributed by atoms with Crippen LogP contribution in [0.5, 0.6) is 0 Å². The zero-order chi connectivity index (χ0) is 8.59. The number of anilines is 1. The van der Waals surface area contributed by atoms with Gasteiger partial charge in [-0.15, -0.1) is 0 Å². The molecule has 0 aliphatic heterocycles. The molecule has 1 aromatic carbocycles. The molecule has 0 saturated carbocycles. The van der Waals surface area contributed by atoms with E-state index in [0.29, 0.717) is 15.7 Å². The van der Waals surface area contributed by atoms with E-state index in [0.717, 1.165) is 9.13 Å². The largest absolute Gasteiger partial charge is 0.396 e. The van der Waals surface area contributed by atoms with E-state index in [1.165, 1.54) is 0 Å². The first-order chi connectivity index (χ1) is 5.04. The first-order valence-corrected chi connectivity index (χ1v) is 4.77. The van der Waals surface area contributed by atoms with Crippen LogP contribution in [0.2, 0.25) is 10.0 Å². The van der Waals surface area contributed by atoms with Gasteiger partial charge in [0.15, 0.2) is 0 Å². The molecule has 11 heavy (non-hydrogen) atoms. The second kappa shape index (κ2) is 3.37. The zero-order valence-corrected chi connectivity index (χ0v) is 9.46. The first kappa shape index (κ1) is 9.42. The topological polar surface area (TPSA) is 26.0 Å². The van der Waals surface area contributed by atoms with Crippen molar-refractivity contribution in [1.82, 2.24) is 0 Å². The molecule has 0 spiro atoms. The minimum absolute atomic E-state index is 0.464. The van der Waals surface area contributed by atoms with Gasteiger partial charge in [0.1, 0.15) is 0 Å². The number of rotatable bonds is 0. The van der Waals surface area contributed by atoms with E-state index in [9.17, 15) is 0 Å². The molecule has 1 nitrogen and oxygen atoms in total. The van der Waals surface area contributed by atoms with Crippen LogP contribution in [-0.4, -0.2) is 0 Å². The van der Waals surface area contributed by atoms with Crippen LogP contribution in [0, 0.1) is 10.5 Å². The number of nitrogens with two attached hydrogens (primary N) is 1. The smallest absolute Gasteiger partial charge is 0.0696 e. The highest BCUT2D eigenvalue weighted by Gasteiger charge is 2.07. The van der Waals surface area contributed by atoms with E-state index in [-0.39, 0.29) is 0 Å². The summed E-state index contributed by atoms with van der Waals surface area (Å²) < 4.78 is 1.03. The van der Waals surface area contributed by atoms with E-state index < -0.39 is 0 Å². The van der Waals surface area contributed by atoms with Gasteiger partial charge in [0.2, 0.25) is 0 Å². The molecule has 60 valence electrons. The molecule has 4 heteroatoms. The SMILES string of the molecule is Cc1c(I)cc(Cl)c(N)c1Cl. The van der Waals surface area contributed by atoms with E-state index >= 15 is 0 Å². The number of hydrogen-bond donors (Lipinski definition) is 1. The number of hydrogen-bond acceptors (Lipinski definition) is 1. The average molecular weight is 302 g/mol. The van der Waals surface area contributed by atoms with Crippen LogP contribution in [-0.2, 0) is 0 Å². The van der Waals surface area contributed by atoms with Gasteiger partial charge >= 0.3 is 0 Å². The monoisotopic (exact) mass is 301 g/mol. The lowest BCUT2D eigenvalue weighted by Gasteiger charge is -2.05. The third-order valence-corrected chi connectivity index (χ3v) is 3.35. The summed E-state index contributed by atoms with van der Waals surface area (Å²) in [6, 6.07) is 1.80. The molecule has 1 aromatic rings. The lowest BCUT2D eigenvalue weighted by molar-refractivity contribution is 1.43. The molecule has 0 radical (unpaired) electrons. The molecule has 0 fully saturated rings. The number of halogens is 3. The van der Waals surface area contributed by atoms with Crippen molar-refractivity contribution in [1.29, 1.82) is 0 Å². The maximum absolute atomic E-state index is 5.87. The third-order valence-electron chi connectivity index (χ3n) is 1.43. The highest BCUT2D eigenvalue weighted by Crippen LogP contribution is 2.33. The first-order valence-electron chi connectivity index (χ1n) is 2.93. The van der Waals surface area contributed by atoms with Crippen molar-refractivity contribution in [3.05, 3.63) is 25.2 Å². The predicted molar refractivity (Wildman–Crippen MR) is 58.3 cm³/mol. The molecule has 0 amide bonds. The van der Waals surface area contributed by atoms with Crippen LogP contribution in [0.3, 0.4) is 0 Å². The van der Waals surface area contributed by atoms with E-state index in [1.807, 2.05) is 6.92 Å². The van der Waals surface area contributed by atoms with Gasteiger partial charge in [-0.05, 0) is 41.1 Å². The molecule has 0 aromatic heterocycles. The van der Waals surface area contributed by atoms with Gasteiger partial charge < -0.3 is 5.73 Å². The summed E-state index contributed by atoms with van der Waals surface area (Å²) in [5, 5.41) is 1.08. The average Bonchev–Trinajstić information content (AvgIpc) is 1.97. The molecule has 0 aliphatic carbocycles. The maximum Gasteiger partial charge on any atom is 0.0696 e. The highest BCUT2D eigenvalue weighted by atomic mass is 127. The van der Waals surface area contributed by atoms with E-state index in [4.69, 9.17) is 28.9 Å². The van der Waals surface area contributed by atoms with Crippen molar-refractivity contribution in [2.24, 2.45) is 0 Å². The molecule has 0 aliphatic rings. The van der Waals surface area contributed by atoms with Gasteiger partial charge in [-0.2, -0.15) is 0 Å². The molecule has 0 saturated heterocycles. The summed E-state index contributed by atoms with van der Waals surface area (Å²) in [6.45, 7) is 1.91. The summed E-state index contributed by atoms with van der Waals surface area (Å²) >= 11 is 13.8. The van der Waals surface area contributed by atoms with Crippen molar-refractivity contribution >= 4 is 51.5 Å². The van der Waals surface area contributed by atoms with Gasteiger partial charge in [-0.1, -0.05) is 23.2 Å². The van der Waals surface area contributed by atoms with Crippen LogP contribution in [0.1, 0.15) is 5.56 Å². The Labute approximate surface area is 89.0 Å². The van der Waals surface area contributed by atoms with Gasteiger partial charge in [-0.3, -0.25) is 0 Å². The Bertz CT molecular complexity index is 273. The third kappa shape index (κ3) is 1.73. The predicted octanol–water partition coefficient (Wildman–Crippen LogP) is 3.49. The fraction of sp³-hybridized carbons (Fsp3) is 0.143. The summed E-state index contributed by atoms with van der Waals surface area (Å²) in [6.07, 6.45) is 0. The Hall–Kier alpha value is 0.330. The quantitative estimate of drug-likeness (QED) is 0.576. The van der Waals surface area contributed by atoms with E-state index in [1.54, 1.807) is 6.07 Å². The fourth-order valence-electron chi connectivity index (χ4n) is 0.709. The van der Waals surface area contributed by atoms with Gasteiger partial charge in [0.25, 0.3) is 0 Å². The van der Waals surface area contributed by atoms with Crippen molar-refractivity contribution < 1.29 is 0 Å². The number of benzene rings is 1. The van der Waals surface area contributed by atoms with E-state index in [2.05, 4.69) is 22.6 Å². The van der Waals surface area contributed by atoms with Crippen molar-refractivity contribution in [2.45, 2.75) is 6.92 Å². The second-order valence-electron chi connectivity index (χ2n) is 2.19. The van der Waals surface area contributed by atoms with Gasteiger partial charge in [-0.25, -0.2) is 0 Å². The summed E-state index contributed by atoms with van der Waals surface area (Å²) in [5.41, 5.74) is 7.03. The molecule has 0 unspecified atom stereocenters. The highest BCUT2D eigenvalue weighted by molar-refractivity contribution is 14.1. The minimum Gasteiger partial charge on any atom is -0.396 e. The Morgan fingerprint density at radius 3 is 2.55 bits per heavy atom. The number of nitrogen functional groups attached to an aromatic ring is 1. The maximum atomic E-state index is 5.87. The Morgan fingerprint density at radius 1 is 1.45 bits per heavy atom. The molecule has 1 rings (SSSR count). The van der Waals surface area contributed by atoms with Crippen LogP contribution < -0.4 is 5.73 Å². The van der Waals surface area contributed by atoms with Crippen molar-refractivity contribution in [2.75, 3.05) is 5.73 Å². The molecule has 0 bridgehead atoms. The fourth-order valence-corrected chi connectivity index (χ4v) is 2.09. The van der Waals surface area contributed by atoms with Crippen molar-refractivity contribution in [3.63, 3.8) is 0 Å².